The van der Waals surface area contributed by atoms with E-state index in [9.17, 15) is 0 Å². The predicted molar refractivity (Wildman–Crippen MR) is 88.9 cm³/mol. The zero-order valence-electron chi connectivity index (χ0n) is 14.2. The SMILES string of the molecule is CNC(CN(C)CC1CCCO1)c1c(C)cc(C)cc1C. The fourth-order valence-corrected chi connectivity index (χ4v) is 3.59. The van der Waals surface area contributed by atoms with Gasteiger partial charge in [-0.1, -0.05) is 17.7 Å². The Bertz CT molecular complexity index is 443. The summed E-state index contributed by atoms with van der Waals surface area (Å²) in [5, 5.41) is 3.49. The summed E-state index contributed by atoms with van der Waals surface area (Å²) in [7, 11) is 4.26. The number of aryl methyl sites for hydroxylation is 3. The van der Waals surface area contributed by atoms with E-state index >= 15 is 0 Å². The van der Waals surface area contributed by atoms with Gasteiger partial charge in [-0.15, -0.1) is 0 Å². The summed E-state index contributed by atoms with van der Waals surface area (Å²) in [6, 6.07) is 4.94. The fraction of sp³-hybridized carbons (Fsp3) is 0.667. The number of nitrogens with one attached hydrogen (secondary N) is 1. The maximum atomic E-state index is 5.75. The first-order valence-electron chi connectivity index (χ1n) is 8.06. The molecule has 1 heterocycles. The molecule has 3 nitrogen and oxygen atoms in total. The van der Waals surface area contributed by atoms with Gasteiger partial charge in [0.15, 0.2) is 0 Å². The standard InChI is InChI=1S/C18H30N2O/c1-13-9-14(2)18(15(3)10-13)17(19-4)12-20(5)11-16-7-6-8-21-16/h9-10,16-17,19H,6-8,11-12H2,1-5H3. The van der Waals surface area contributed by atoms with Gasteiger partial charge in [-0.2, -0.15) is 0 Å². The van der Waals surface area contributed by atoms with Crippen molar-refractivity contribution in [1.29, 1.82) is 0 Å². The molecule has 0 radical (unpaired) electrons. The van der Waals surface area contributed by atoms with Crippen LogP contribution in [0.1, 0.15) is 41.1 Å². The number of ether oxygens (including phenoxy) is 1. The van der Waals surface area contributed by atoms with Gasteiger partial charge in [-0.05, 0) is 64.4 Å². The molecule has 0 saturated carbocycles. The molecule has 1 aliphatic rings. The van der Waals surface area contributed by atoms with Crippen LogP contribution in [0.25, 0.3) is 0 Å². The molecule has 1 aliphatic heterocycles. The van der Waals surface area contributed by atoms with Crippen LogP contribution >= 0.6 is 0 Å². The lowest BCUT2D eigenvalue weighted by molar-refractivity contribution is 0.0786. The second-order valence-electron chi connectivity index (χ2n) is 6.51. The second kappa shape index (κ2) is 7.39. The number of hydrogen-bond acceptors (Lipinski definition) is 3. The van der Waals surface area contributed by atoms with Gasteiger partial charge in [-0.25, -0.2) is 0 Å². The van der Waals surface area contributed by atoms with Crippen LogP contribution < -0.4 is 5.32 Å². The lowest BCUT2D eigenvalue weighted by Crippen LogP contribution is -2.36. The molecule has 2 atom stereocenters. The van der Waals surface area contributed by atoms with Crippen molar-refractivity contribution in [2.45, 2.75) is 45.8 Å². The molecule has 0 aromatic heterocycles. The monoisotopic (exact) mass is 290 g/mol. The van der Waals surface area contributed by atoms with Crippen molar-refractivity contribution in [3.8, 4) is 0 Å². The Morgan fingerprint density at radius 2 is 1.95 bits per heavy atom. The lowest BCUT2D eigenvalue weighted by Gasteiger charge is -2.28. The van der Waals surface area contributed by atoms with Gasteiger partial charge in [0, 0.05) is 25.7 Å². The first-order chi connectivity index (χ1) is 10.0. The van der Waals surface area contributed by atoms with E-state index in [-0.39, 0.29) is 0 Å². The summed E-state index contributed by atoms with van der Waals surface area (Å²) in [6.45, 7) is 9.59. The van der Waals surface area contributed by atoms with Crippen LogP contribution in [0.15, 0.2) is 12.1 Å². The lowest BCUT2D eigenvalue weighted by atomic mass is 9.93. The average Bonchev–Trinajstić information content (AvgIpc) is 2.89. The Kier molecular flexibility index (Phi) is 5.80. The Morgan fingerprint density at radius 1 is 1.29 bits per heavy atom. The molecule has 118 valence electrons. The highest BCUT2D eigenvalue weighted by Gasteiger charge is 2.21. The zero-order chi connectivity index (χ0) is 15.4. The Hall–Kier alpha value is -0.900. The summed E-state index contributed by atoms with van der Waals surface area (Å²) < 4.78 is 5.75. The summed E-state index contributed by atoms with van der Waals surface area (Å²) in [6.07, 6.45) is 2.84. The van der Waals surface area contributed by atoms with E-state index in [0.29, 0.717) is 12.1 Å². The van der Waals surface area contributed by atoms with Gasteiger partial charge < -0.3 is 15.0 Å². The van der Waals surface area contributed by atoms with E-state index in [2.05, 4.69) is 57.2 Å². The maximum Gasteiger partial charge on any atom is 0.0702 e. The van der Waals surface area contributed by atoms with Crippen LogP contribution in [0.4, 0.5) is 0 Å². The Balaban J connectivity index is 2.05. The van der Waals surface area contributed by atoms with Crippen LogP contribution in [0.2, 0.25) is 0 Å². The van der Waals surface area contributed by atoms with Gasteiger partial charge in [0.2, 0.25) is 0 Å². The quantitative estimate of drug-likeness (QED) is 0.871. The van der Waals surface area contributed by atoms with E-state index in [1.165, 1.54) is 35.1 Å². The minimum atomic E-state index is 0.372. The normalized spacial score (nSPS) is 20.2. The molecule has 0 bridgehead atoms. The van der Waals surface area contributed by atoms with Gasteiger partial charge >= 0.3 is 0 Å². The van der Waals surface area contributed by atoms with Crippen molar-refractivity contribution in [2.75, 3.05) is 33.8 Å². The molecular weight excluding hydrogens is 260 g/mol. The topological polar surface area (TPSA) is 24.5 Å². The average molecular weight is 290 g/mol. The summed E-state index contributed by atoms with van der Waals surface area (Å²) in [4.78, 5) is 2.40. The predicted octanol–water partition coefficient (Wildman–Crippen LogP) is 2.98. The molecule has 3 heteroatoms. The molecule has 1 saturated heterocycles. The minimum Gasteiger partial charge on any atom is -0.377 e. The smallest absolute Gasteiger partial charge is 0.0702 e. The maximum absolute atomic E-state index is 5.75. The second-order valence-corrected chi connectivity index (χ2v) is 6.51. The van der Waals surface area contributed by atoms with Crippen molar-refractivity contribution in [1.82, 2.24) is 10.2 Å². The van der Waals surface area contributed by atoms with Gasteiger partial charge in [-0.3, -0.25) is 0 Å². The molecular formula is C18H30N2O. The first kappa shape index (κ1) is 16.5. The molecule has 1 aromatic rings. The number of benzene rings is 1. The van der Waals surface area contributed by atoms with Gasteiger partial charge in [0.05, 0.1) is 6.10 Å². The van der Waals surface area contributed by atoms with E-state index in [1.807, 2.05) is 0 Å². The van der Waals surface area contributed by atoms with E-state index in [4.69, 9.17) is 4.74 Å². The van der Waals surface area contributed by atoms with E-state index in [1.54, 1.807) is 0 Å². The molecule has 0 aliphatic carbocycles. The summed E-state index contributed by atoms with van der Waals surface area (Å²) >= 11 is 0. The van der Waals surface area contributed by atoms with Crippen molar-refractivity contribution < 1.29 is 4.74 Å². The molecule has 1 aromatic carbocycles. The molecule has 0 amide bonds. The van der Waals surface area contributed by atoms with Gasteiger partial charge in [0.1, 0.15) is 0 Å². The van der Waals surface area contributed by atoms with Crippen LogP contribution in [-0.4, -0.2) is 44.8 Å². The highest BCUT2D eigenvalue weighted by Crippen LogP contribution is 2.24. The molecule has 1 N–H and O–H groups in total. The van der Waals surface area contributed by atoms with Crippen molar-refractivity contribution in [2.24, 2.45) is 0 Å². The van der Waals surface area contributed by atoms with E-state index in [0.717, 1.165) is 19.7 Å². The minimum absolute atomic E-state index is 0.372. The summed E-state index contributed by atoms with van der Waals surface area (Å²) in [5.74, 6) is 0. The van der Waals surface area contributed by atoms with Crippen molar-refractivity contribution in [3.05, 3.63) is 34.4 Å². The third-order valence-corrected chi connectivity index (χ3v) is 4.47. The zero-order valence-corrected chi connectivity index (χ0v) is 14.2. The third-order valence-electron chi connectivity index (χ3n) is 4.47. The molecule has 2 unspecified atom stereocenters. The van der Waals surface area contributed by atoms with Crippen LogP contribution in [0.5, 0.6) is 0 Å². The summed E-state index contributed by atoms with van der Waals surface area (Å²) in [5.41, 5.74) is 5.56. The first-order valence-corrected chi connectivity index (χ1v) is 8.06. The number of likely N-dealkylation sites (N-methyl/N-ethyl adjacent to an activating group) is 2. The molecule has 1 fully saturated rings. The number of nitrogens with zero attached hydrogens (tertiary/aromatic N) is 1. The van der Waals surface area contributed by atoms with Crippen LogP contribution in [0, 0.1) is 20.8 Å². The Labute approximate surface area is 129 Å². The fourth-order valence-electron chi connectivity index (χ4n) is 3.59. The van der Waals surface area contributed by atoms with Crippen molar-refractivity contribution in [3.63, 3.8) is 0 Å². The Morgan fingerprint density at radius 3 is 2.48 bits per heavy atom. The van der Waals surface area contributed by atoms with E-state index < -0.39 is 0 Å². The largest absolute Gasteiger partial charge is 0.377 e. The highest BCUT2D eigenvalue weighted by molar-refractivity contribution is 5.39. The molecule has 0 spiro atoms. The molecule has 21 heavy (non-hydrogen) atoms. The number of hydrogen-bond donors (Lipinski definition) is 1. The van der Waals surface area contributed by atoms with Crippen molar-refractivity contribution >= 4 is 0 Å². The molecule has 2 rings (SSSR count). The number of rotatable bonds is 6. The highest BCUT2D eigenvalue weighted by atomic mass is 16.5. The van der Waals surface area contributed by atoms with Crippen LogP contribution in [-0.2, 0) is 4.74 Å². The third kappa shape index (κ3) is 4.29. The van der Waals surface area contributed by atoms with Crippen LogP contribution in [0.3, 0.4) is 0 Å². The van der Waals surface area contributed by atoms with Gasteiger partial charge in [0.25, 0.3) is 0 Å².